The molecular weight excluding hydrogens is 468 g/mol. The largest absolute Gasteiger partial charge is 0.457 e. The van der Waals surface area contributed by atoms with E-state index in [1.54, 1.807) is 72.6 Å². The SMILES string of the molecule is CC(C)(C)OC(=O)Nc1cccc(-n2c(=O)n(-c3cccc(Oc4ccccc4)c3)c3cnccc32)c1. The number of hydrogen-bond acceptors (Lipinski definition) is 5. The predicted octanol–water partition coefficient (Wildman–Crippen LogP) is 6.32. The molecule has 0 bridgehead atoms. The van der Waals surface area contributed by atoms with Crippen molar-refractivity contribution in [3.8, 4) is 22.9 Å². The molecule has 2 aromatic heterocycles. The molecule has 0 fully saturated rings. The Balaban J connectivity index is 1.56. The number of nitrogens with zero attached hydrogens (tertiary/aromatic N) is 3. The molecule has 0 radical (unpaired) electrons. The van der Waals surface area contributed by atoms with Crippen molar-refractivity contribution in [2.24, 2.45) is 0 Å². The highest BCUT2D eigenvalue weighted by Gasteiger charge is 2.19. The number of hydrogen-bond donors (Lipinski definition) is 1. The molecule has 37 heavy (non-hydrogen) atoms. The number of imidazole rings is 1. The van der Waals surface area contributed by atoms with E-state index in [-0.39, 0.29) is 5.69 Å². The second kappa shape index (κ2) is 9.66. The van der Waals surface area contributed by atoms with E-state index in [0.717, 1.165) is 0 Å². The van der Waals surface area contributed by atoms with E-state index >= 15 is 0 Å². The van der Waals surface area contributed by atoms with Crippen LogP contribution >= 0.6 is 0 Å². The van der Waals surface area contributed by atoms with Crippen LogP contribution in [0.1, 0.15) is 20.8 Å². The van der Waals surface area contributed by atoms with Crippen LogP contribution in [0.5, 0.6) is 11.5 Å². The summed E-state index contributed by atoms with van der Waals surface area (Å²) in [5.41, 5.74) is 2.13. The first kappa shape index (κ1) is 23.9. The molecule has 186 valence electrons. The van der Waals surface area contributed by atoms with Crippen molar-refractivity contribution in [2.45, 2.75) is 26.4 Å². The van der Waals surface area contributed by atoms with Crippen LogP contribution in [0.4, 0.5) is 10.5 Å². The summed E-state index contributed by atoms with van der Waals surface area (Å²) in [4.78, 5) is 30.4. The summed E-state index contributed by atoms with van der Waals surface area (Å²) in [6, 6.07) is 25.6. The molecule has 0 atom stereocenters. The van der Waals surface area contributed by atoms with Gasteiger partial charge >= 0.3 is 11.8 Å². The van der Waals surface area contributed by atoms with Crippen molar-refractivity contribution in [1.29, 1.82) is 0 Å². The number of ether oxygens (including phenoxy) is 2. The lowest BCUT2D eigenvalue weighted by molar-refractivity contribution is 0.0636. The van der Waals surface area contributed by atoms with Gasteiger partial charge in [0, 0.05) is 18.0 Å². The number of fused-ring (bicyclic) bond motifs is 1. The first-order valence-corrected chi connectivity index (χ1v) is 11.8. The fourth-order valence-electron chi connectivity index (χ4n) is 4.00. The van der Waals surface area contributed by atoms with Gasteiger partial charge < -0.3 is 9.47 Å². The number of pyridine rings is 1. The van der Waals surface area contributed by atoms with Gasteiger partial charge in [0.15, 0.2) is 0 Å². The molecule has 0 spiro atoms. The summed E-state index contributed by atoms with van der Waals surface area (Å²) < 4.78 is 14.5. The van der Waals surface area contributed by atoms with Gasteiger partial charge in [-0.2, -0.15) is 0 Å². The Morgan fingerprint density at radius 1 is 0.811 bits per heavy atom. The minimum absolute atomic E-state index is 0.283. The second-order valence-corrected chi connectivity index (χ2v) is 9.41. The minimum Gasteiger partial charge on any atom is -0.457 e. The van der Waals surface area contributed by atoms with Gasteiger partial charge in [-0.05, 0) is 69.3 Å². The molecule has 5 aromatic rings. The van der Waals surface area contributed by atoms with Crippen LogP contribution in [0.2, 0.25) is 0 Å². The molecule has 0 aliphatic rings. The molecule has 0 saturated carbocycles. The molecule has 8 nitrogen and oxygen atoms in total. The third kappa shape index (κ3) is 5.23. The van der Waals surface area contributed by atoms with E-state index in [4.69, 9.17) is 9.47 Å². The second-order valence-electron chi connectivity index (χ2n) is 9.41. The van der Waals surface area contributed by atoms with E-state index in [1.807, 2.05) is 54.6 Å². The van der Waals surface area contributed by atoms with Crippen molar-refractivity contribution in [1.82, 2.24) is 14.1 Å². The van der Waals surface area contributed by atoms with Crippen molar-refractivity contribution < 1.29 is 14.3 Å². The van der Waals surface area contributed by atoms with Crippen LogP contribution in [0.3, 0.4) is 0 Å². The molecule has 0 unspecified atom stereocenters. The number of aromatic nitrogens is 3. The van der Waals surface area contributed by atoms with Crippen molar-refractivity contribution >= 4 is 22.8 Å². The van der Waals surface area contributed by atoms with Gasteiger partial charge in [0.2, 0.25) is 0 Å². The number of carbonyl (C=O) groups excluding carboxylic acids is 1. The summed E-state index contributed by atoms with van der Waals surface area (Å²) in [7, 11) is 0. The maximum Gasteiger partial charge on any atom is 0.412 e. The molecule has 8 heteroatoms. The van der Waals surface area contributed by atoms with Crippen LogP contribution in [0.25, 0.3) is 22.4 Å². The molecule has 3 aromatic carbocycles. The van der Waals surface area contributed by atoms with Gasteiger partial charge in [-0.1, -0.05) is 30.3 Å². The number of para-hydroxylation sites is 1. The average molecular weight is 495 g/mol. The first-order valence-electron chi connectivity index (χ1n) is 11.8. The zero-order valence-electron chi connectivity index (χ0n) is 20.7. The van der Waals surface area contributed by atoms with E-state index in [1.165, 1.54) is 0 Å². The number of carbonyl (C=O) groups is 1. The van der Waals surface area contributed by atoms with Crippen molar-refractivity contribution in [3.63, 3.8) is 0 Å². The average Bonchev–Trinajstić information content (AvgIpc) is 3.15. The first-order chi connectivity index (χ1) is 17.8. The van der Waals surface area contributed by atoms with Gasteiger partial charge in [-0.25, -0.2) is 9.59 Å². The summed E-state index contributed by atoms with van der Waals surface area (Å²) in [6.07, 6.45) is 2.72. The third-order valence-corrected chi connectivity index (χ3v) is 5.45. The van der Waals surface area contributed by atoms with Gasteiger partial charge in [0.25, 0.3) is 0 Å². The van der Waals surface area contributed by atoms with Gasteiger partial charge in [0.1, 0.15) is 17.1 Å². The van der Waals surface area contributed by atoms with Crippen LogP contribution in [-0.4, -0.2) is 25.8 Å². The Hall–Kier alpha value is -4.85. The topological polar surface area (TPSA) is 87.4 Å². The lowest BCUT2D eigenvalue weighted by Gasteiger charge is -2.19. The normalized spacial score (nSPS) is 11.3. The molecule has 0 aliphatic carbocycles. The number of rotatable bonds is 5. The van der Waals surface area contributed by atoms with E-state index in [9.17, 15) is 9.59 Å². The smallest absolute Gasteiger partial charge is 0.412 e. The fourth-order valence-corrected chi connectivity index (χ4v) is 4.00. The quantitative estimate of drug-likeness (QED) is 0.309. The highest BCUT2D eigenvalue weighted by Crippen LogP contribution is 2.26. The fraction of sp³-hybridized carbons (Fsp3) is 0.138. The standard InChI is InChI=1S/C29H26N4O4/c1-29(2,3)37-27(34)31-20-9-7-10-21(17-20)32-25-15-16-30-19-26(25)33(28(32)35)22-11-8-14-24(18-22)36-23-12-5-4-6-13-23/h4-19H,1-3H3,(H,31,34). The van der Waals surface area contributed by atoms with Gasteiger partial charge in [-0.15, -0.1) is 0 Å². The number of nitrogens with one attached hydrogen (secondary N) is 1. The number of benzene rings is 3. The zero-order chi connectivity index (χ0) is 26.0. The zero-order valence-corrected chi connectivity index (χ0v) is 20.7. The highest BCUT2D eigenvalue weighted by atomic mass is 16.6. The maximum absolute atomic E-state index is 13.8. The van der Waals surface area contributed by atoms with Gasteiger partial charge in [0.05, 0.1) is 28.6 Å². The lowest BCUT2D eigenvalue weighted by atomic mass is 10.2. The molecule has 0 saturated heterocycles. The minimum atomic E-state index is -0.627. The summed E-state index contributed by atoms with van der Waals surface area (Å²) in [5, 5.41) is 2.73. The van der Waals surface area contributed by atoms with Crippen LogP contribution in [0.15, 0.2) is 102 Å². The Bertz CT molecular complexity index is 1630. The predicted molar refractivity (Wildman–Crippen MR) is 143 cm³/mol. The Morgan fingerprint density at radius 3 is 2.24 bits per heavy atom. The van der Waals surface area contributed by atoms with Crippen LogP contribution < -0.4 is 15.7 Å². The number of amides is 1. The monoisotopic (exact) mass is 494 g/mol. The van der Waals surface area contributed by atoms with Crippen molar-refractivity contribution in [2.75, 3.05) is 5.32 Å². The van der Waals surface area contributed by atoms with Crippen molar-refractivity contribution in [3.05, 3.63) is 108 Å². The molecule has 1 N–H and O–H groups in total. The lowest BCUT2D eigenvalue weighted by Crippen LogP contribution is -2.27. The van der Waals surface area contributed by atoms with E-state index in [0.29, 0.717) is 39.6 Å². The van der Waals surface area contributed by atoms with Crippen LogP contribution in [-0.2, 0) is 4.74 Å². The van der Waals surface area contributed by atoms with E-state index < -0.39 is 11.7 Å². The molecule has 2 heterocycles. The van der Waals surface area contributed by atoms with E-state index in [2.05, 4.69) is 10.3 Å². The van der Waals surface area contributed by atoms with Crippen LogP contribution in [0, 0.1) is 0 Å². The maximum atomic E-state index is 13.8. The highest BCUT2D eigenvalue weighted by molar-refractivity contribution is 5.86. The Morgan fingerprint density at radius 2 is 1.49 bits per heavy atom. The molecule has 5 rings (SSSR count). The molecule has 0 aliphatic heterocycles. The molecule has 1 amide bonds. The summed E-state index contributed by atoms with van der Waals surface area (Å²) >= 11 is 0. The number of anilines is 1. The third-order valence-electron chi connectivity index (χ3n) is 5.45. The summed E-state index contributed by atoms with van der Waals surface area (Å²) in [6.45, 7) is 5.39. The Kier molecular flexibility index (Phi) is 6.23. The summed E-state index contributed by atoms with van der Waals surface area (Å²) in [5.74, 6) is 1.30. The van der Waals surface area contributed by atoms with Gasteiger partial charge in [-0.3, -0.25) is 19.4 Å². The Labute approximate surface area is 213 Å². The molecular formula is C29H26N4O4.